The van der Waals surface area contributed by atoms with Gasteiger partial charge in [-0.05, 0) is 6.42 Å². The largest absolute Gasteiger partial charge is 0.325 e. The number of rotatable bonds is 16. The second-order valence-electron chi connectivity index (χ2n) is 6.47. The van der Waals surface area contributed by atoms with Gasteiger partial charge >= 0.3 is 0 Å². The number of nitrogens with zero attached hydrogens (tertiary/aromatic N) is 2. The Bertz CT molecular complexity index is 308. The molecule has 1 aromatic heterocycles. The average molecular weight is 308 g/mol. The molecule has 1 rings (SSSR count). The van der Waals surface area contributed by atoms with Crippen molar-refractivity contribution in [3.63, 3.8) is 0 Å². The molecular weight excluding hydrogens is 270 g/mol. The first-order valence-electron chi connectivity index (χ1n) is 9.65. The molecule has 0 aliphatic carbocycles. The van der Waals surface area contributed by atoms with E-state index in [0.717, 1.165) is 6.54 Å². The predicted octanol–water partition coefficient (Wildman–Crippen LogP) is 5.91. The lowest BCUT2D eigenvalue weighted by atomic mass is 10.0. The van der Waals surface area contributed by atoms with Crippen LogP contribution in [0.3, 0.4) is 0 Å². The van der Waals surface area contributed by atoms with Gasteiger partial charge in [-0.1, -0.05) is 90.4 Å². The second kappa shape index (κ2) is 14.9. The van der Waals surface area contributed by atoms with Crippen LogP contribution in [-0.4, -0.2) is 16.2 Å². The van der Waals surface area contributed by atoms with E-state index in [2.05, 4.69) is 17.3 Å². The highest BCUT2D eigenvalue weighted by atomic mass is 15.4. The van der Waals surface area contributed by atoms with Gasteiger partial charge in [0.1, 0.15) is 6.33 Å². The van der Waals surface area contributed by atoms with E-state index in [1.807, 2.05) is 17.2 Å². The van der Waals surface area contributed by atoms with Crippen LogP contribution in [0, 0.1) is 0 Å². The van der Waals surface area contributed by atoms with Gasteiger partial charge < -0.3 is 5.43 Å². The van der Waals surface area contributed by atoms with Crippen molar-refractivity contribution in [2.24, 2.45) is 0 Å². The molecule has 0 saturated carbocycles. The van der Waals surface area contributed by atoms with Gasteiger partial charge in [0.2, 0.25) is 0 Å². The molecule has 0 radical (unpaired) electrons. The Morgan fingerprint density at radius 2 is 1.23 bits per heavy atom. The van der Waals surface area contributed by atoms with E-state index >= 15 is 0 Å². The fourth-order valence-electron chi connectivity index (χ4n) is 2.88. The zero-order valence-electron chi connectivity index (χ0n) is 14.7. The van der Waals surface area contributed by atoms with Crippen molar-refractivity contribution in [2.45, 2.75) is 96.8 Å². The minimum Gasteiger partial charge on any atom is -0.325 e. The Morgan fingerprint density at radius 1 is 0.727 bits per heavy atom. The smallest absolute Gasteiger partial charge is 0.114 e. The zero-order chi connectivity index (χ0) is 15.7. The Balaban J connectivity index is 1.68. The Kier molecular flexibility index (Phi) is 12.9. The molecule has 0 aromatic carbocycles. The first-order chi connectivity index (χ1) is 10.9. The molecule has 1 N–H and O–H groups in total. The molecule has 3 heteroatoms. The molecule has 0 saturated heterocycles. The first-order valence-corrected chi connectivity index (χ1v) is 9.65. The summed E-state index contributed by atoms with van der Waals surface area (Å²) in [5.74, 6) is 0. The molecule has 0 unspecified atom stereocenters. The third-order valence-corrected chi connectivity index (χ3v) is 4.33. The summed E-state index contributed by atoms with van der Waals surface area (Å²) in [5, 5.41) is 0. The molecule has 1 aromatic rings. The van der Waals surface area contributed by atoms with Gasteiger partial charge in [0.05, 0.1) is 0 Å². The minimum absolute atomic E-state index is 1.05. The van der Waals surface area contributed by atoms with Crippen molar-refractivity contribution in [2.75, 3.05) is 12.0 Å². The van der Waals surface area contributed by atoms with Gasteiger partial charge in [0, 0.05) is 18.9 Å². The topological polar surface area (TPSA) is 29.9 Å². The molecule has 0 aliphatic heterocycles. The molecule has 22 heavy (non-hydrogen) atoms. The maximum atomic E-state index is 4.01. The molecule has 0 fully saturated rings. The van der Waals surface area contributed by atoms with E-state index in [-0.39, 0.29) is 0 Å². The maximum absolute atomic E-state index is 4.01. The van der Waals surface area contributed by atoms with Crippen LogP contribution in [0.1, 0.15) is 96.8 Å². The summed E-state index contributed by atoms with van der Waals surface area (Å²) >= 11 is 0. The molecule has 0 atom stereocenters. The standard InChI is InChI=1S/C19H37N3/c1-2-3-4-5-6-7-8-9-10-11-12-13-14-15-16-21-22-18-17-20-19-22/h17-19,21H,2-16H2,1H3. The van der Waals surface area contributed by atoms with Crippen molar-refractivity contribution in [1.29, 1.82) is 0 Å². The highest BCUT2D eigenvalue weighted by Crippen LogP contribution is 2.12. The summed E-state index contributed by atoms with van der Waals surface area (Å²) in [6, 6.07) is 0. The lowest BCUT2D eigenvalue weighted by Gasteiger charge is -2.06. The van der Waals surface area contributed by atoms with E-state index in [1.165, 1.54) is 89.9 Å². The summed E-state index contributed by atoms with van der Waals surface area (Å²) in [4.78, 5) is 4.01. The van der Waals surface area contributed by atoms with Gasteiger partial charge in [-0.15, -0.1) is 0 Å². The third-order valence-electron chi connectivity index (χ3n) is 4.33. The number of aromatic nitrogens is 2. The van der Waals surface area contributed by atoms with E-state index < -0.39 is 0 Å². The predicted molar refractivity (Wildman–Crippen MR) is 96.8 cm³/mol. The zero-order valence-corrected chi connectivity index (χ0v) is 14.7. The maximum Gasteiger partial charge on any atom is 0.114 e. The monoisotopic (exact) mass is 307 g/mol. The minimum atomic E-state index is 1.05. The summed E-state index contributed by atoms with van der Waals surface area (Å²) in [7, 11) is 0. The van der Waals surface area contributed by atoms with Crippen LogP contribution in [-0.2, 0) is 0 Å². The van der Waals surface area contributed by atoms with Crippen LogP contribution in [0.15, 0.2) is 18.7 Å². The highest BCUT2D eigenvalue weighted by Gasteiger charge is 1.94. The van der Waals surface area contributed by atoms with E-state index in [9.17, 15) is 0 Å². The van der Waals surface area contributed by atoms with Crippen molar-refractivity contribution in [3.05, 3.63) is 18.7 Å². The third kappa shape index (κ3) is 11.6. The van der Waals surface area contributed by atoms with Gasteiger partial charge in [0.25, 0.3) is 0 Å². The van der Waals surface area contributed by atoms with E-state index in [0.29, 0.717) is 0 Å². The van der Waals surface area contributed by atoms with Crippen molar-refractivity contribution >= 4 is 0 Å². The SMILES string of the molecule is CCCCCCCCCCCCCCCCNn1ccnc1. The van der Waals surface area contributed by atoms with Crippen molar-refractivity contribution in [3.8, 4) is 0 Å². The molecule has 1 heterocycles. The van der Waals surface area contributed by atoms with Crippen molar-refractivity contribution in [1.82, 2.24) is 9.66 Å². The lowest BCUT2D eigenvalue weighted by molar-refractivity contribution is 0.536. The van der Waals surface area contributed by atoms with Crippen LogP contribution < -0.4 is 5.43 Å². The summed E-state index contributed by atoms with van der Waals surface area (Å²) < 4.78 is 1.93. The molecule has 128 valence electrons. The molecule has 3 nitrogen and oxygen atoms in total. The summed E-state index contributed by atoms with van der Waals surface area (Å²) in [6.07, 6.45) is 25.4. The Morgan fingerprint density at radius 3 is 1.68 bits per heavy atom. The van der Waals surface area contributed by atoms with Crippen LogP contribution in [0.25, 0.3) is 0 Å². The number of unbranched alkanes of at least 4 members (excludes halogenated alkanes) is 13. The van der Waals surface area contributed by atoms with Crippen LogP contribution in [0.5, 0.6) is 0 Å². The van der Waals surface area contributed by atoms with Crippen LogP contribution in [0.2, 0.25) is 0 Å². The van der Waals surface area contributed by atoms with Gasteiger partial charge in [-0.3, -0.25) is 4.68 Å². The lowest BCUT2D eigenvalue weighted by Crippen LogP contribution is -2.13. The highest BCUT2D eigenvalue weighted by molar-refractivity contribution is 4.79. The molecule has 0 aliphatic rings. The van der Waals surface area contributed by atoms with E-state index in [1.54, 1.807) is 6.20 Å². The average Bonchev–Trinajstić information content (AvgIpc) is 3.04. The number of imidazole rings is 1. The number of hydrogen-bond donors (Lipinski definition) is 1. The van der Waals surface area contributed by atoms with Crippen LogP contribution in [0.4, 0.5) is 0 Å². The molecule has 0 bridgehead atoms. The fourth-order valence-corrected chi connectivity index (χ4v) is 2.88. The van der Waals surface area contributed by atoms with Gasteiger partial charge in [-0.25, -0.2) is 4.98 Å². The van der Waals surface area contributed by atoms with E-state index in [4.69, 9.17) is 0 Å². The number of nitrogens with one attached hydrogen (secondary N) is 1. The van der Waals surface area contributed by atoms with Crippen LogP contribution >= 0.6 is 0 Å². The Labute approximate surface area is 137 Å². The summed E-state index contributed by atoms with van der Waals surface area (Å²) in [6.45, 7) is 3.34. The quantitative estimate of drug-likeness (QED) is 0.385. The van der Waals surface area contributed by atoms with Gasteiger partial charge in [-0.2, -0.15) is 0 Å². The fraction of sp³-hybridized carbons (Fsp3) is 0.842. The Hall–Kier alpha value is -0.990. The molecular formula is C19H37N3. The second-order valence-corrected chi connectivity index (χ2v) is 6.47. The van der Waals surface area contributed by atoms with Gasteiger partial charge in [0.15, 0.2) is 0 Å². The van der Waals surface area contributed by atoms with Crippen molar-refractivity contribution < 1.29 is 0 Å². The first kappa shape index (κ1) is 19.1. The summed E-state index contributed by atoms with van der Waals surface area (Å²) in [5.41, 5.74) is 3.32. The normalized spacial score (nSPS) is 11.0. The number of hydrogen-bond acceptors (Lipinski definition) is 2. The molecule has 0 amide bonds. The molecule has 0 spiro atoms.